The number of esters is 1. The minimum atomic E-state index is -0.673. The van der Waals surface area contributed by atoms with Gasteiger partial charge in [-0.25, -0.2) is 4.79 Å². The van der Waals surface area contributed by atoms with Gasteiger partial charge in [-0.15, -0.1) is 0 Å². The highest BCUT2D eigenvalue weighted by atomic mass is 35.5. The zero-order valence-corrected chi connectivity index (χ0v) is 17.2. The molecule has 0 saturated carbocycles. The summed E-state index contributed by atoms with van der Waals surface area (Å²) < 4.78 is 16.6. The number of benzene rings is 3. The molecule has 5 rings (SSSR count). The average molecular weight is 451 g/mol. The summed E-state index contributed by atoms with van der Waals surface area (Å²) >= 11 is 11.9. The van der Waals surface area contributed by atoms with Crippen molar-refractivity contribution in [2.24, 2.45) is 0 Å². The van der Waals surface area contributed by atoms with Gasteiger partial charge in [-0.1, -0.05) is 35.3 Å². The van der Waals surface area contributed by atoms with Crippen LogP contribution in [0.25, 0.3) is 17.0 Å². The number of furan rings is 1. The smallest absolute Gasteiger partial charge is 0.379 e. The Bertz CT molecular complexity index is 1380. The second-order valence-electron chi connectivity index (χ2n) is 6.83. The van der Waals surface area contributed by atoms with Gasteiger partial charge in [0.25, 0.3) is 0 Å². The molecule has 0 atom stereocenters. The third-order valence-electron chi connectivity index (χ3n) is 4.70. The summed E-state index contributed by atoms with van der Waals surface area (Å²) in [6.45, 7) is 0. The van der Waals surface area contributed by atoms with Crippen LogP contribution in [0.4, 0.5) is 0 Å². The summed E-state index contributed by atoms with van der Waals surface area (Å²) in [6.07, 6.45) is 1.63. The van der Waals surface area contributed by atoms with Gasteiger partial charge < -0.3 is 13.9 Å². The van der Waals surface area contributed by atoms with Crippen molar-refractivity contribution in [3.8, 4) is 11.5 Å². The molecule has 0 amide bonds. The zero-order valence-electron chi connectivity index (χ0n) is 15.7. The fraction of sp³-hybridized carbons (Fsp3) is 0. The molecule has 0 fully saturated rings. The third-order valence-corrected chi connectivity index (χ3v) is 5.19. The van der Waals surface area contributed by atoms with Crippen molar-refractivity contribution in [3.63, 3.8) is 0 Å². The molecule has 152 valence electrons. The standard InChI is InChI=1S/C24H12Cl2O5/c25-15-3-1-13(2-4-15)9-21-23(27)18-7-6-17(12-20(18)31-21)29-24(28)22-11-14-10-16(26)5-8-19(14)30-22/h1-12H/b21-9-. The number of Topliss-reactive ketones (excluding diaryl/α,β-unsaturated/α-hetero) is 1. The summed E-state index contributed by atoms with van der Waals surface area (Å²) in [5.74, 6) is -0.173. The Labute approximate surface area is 186 Å². The maximum Gasteiger partial charge on any atom is 0.379 e. The number of rotatable bonds is 3. The number of ether oxygens (including phenoxy) is 2. The largest absolute Gasteiger partial charge is 0.452 e. The van der Waals surface area contributed by atoms with E-state index in [2.05, 4.69) is 0 Å². The van der Waals surface area contributed by atoms with Crippen LogP contribution in [0.15, 0.2) is 76.9 Å². The van der Waals surface area contributed by atoms with Crippen molar-refractivity contribution >= 4 is 52.0 Å². The molecule has 2 heterocycles. The van der Waals surface area contributed by atoms with Gasteiger partial charge in [0.1, 0.15) is 17.1 Å². The van der Waals surface area contributed by atoms with Gasteiger partial charge in [0, 0.05) is 21.5 Å². The molecule has 1 aliphatic rings. The van der Waals surface area contributed by atoms with Crippen LogP contribution < -0.4 is 9.47 Å². The highest BCUT2D eigenvalue weighted by Crippen LogP contribution is 2.35. The Morgan fingerprint density at radius 1 is 0.903 bits per heavy atom. The molecule has 5 nitrogen and oxygen atoms in total. The molecule has 31 heavy (non-hydrogen) atoms. The van der Waals surface area contributed by atoms with Crippen LogP contribution in [0.2, 0.25) is 10.0 Å². The van der Waals surface area contributed by atoms with E-state index in [-0.39, 0.29) is 23.1 Å². The van der Waals surface area contributed by atoms with Crippen LogP contribution in [-0.2, 0) is 0 Å². The van der Waals surface area contributed by atoms with Crippen molar-refractivity contribution in [1.29, 1.82) is 0 Å². The molecule has 0 aliphatic carbocycles. The Balaban J connectivity index is 1.37. The van der Waals surface area contributed by atoms with Crippen LogP contribution in [0, 0.1) is 0 Å². The minimum absolute atomic E-state index is 0.0399. The summed E-state index contributed by atoms with van der Waals surface area (Å²) in [5, 5.41) is 1.83. The van der Waals surface area contributed by atoms with E-state index in [1.807, 2.05) is 0 Å². The minimum Gasteiger partial charge on any atom is -0.452 e. The zero-order chi connectivity index (χ0) is 21.5. The van der Waals surface area contributed by atoms with E-state index in [0.29, 0.717) is 32.3 Å². The lowest BCUT2D eigenvalue weighted by molar-refractivity contribution is 0.0703. The van der Waals surface area contributed by atoms with E-state index in [4.69, 9.17) is 37.1 Å². The highest BCUT2D eigenvalue weighted by Gasteiger charge is 2.28. The fourth-order valence-electron chi connectivity index (χ4n) is 3.21. The summed E-state index contributed by atoms with van der Waals surface area (Å²) in [7, 11) is 0. The van der Waals surface area contributed by atoms with Crippen molar-refractivity contribution in [2.45, 2.75) is 0 Å². The van der Waals surface area contributed by atoms with Gasteiger partial charge in [-0.2, -0.15) is 0 Å². The molecule has 0 saturated heterocycles. The van der Waals surface area contributed by atoms with Gasteiger partial charge in [-0.05, 0) is 60.2 Å². The summed E-state index contributed by atoms with van der Waals surface area (Å²) in [6, 6.07) is 18.2. The average Bonchev–Trinajstić information content (AvgIpc) is 3.30. The molecule has 0 spiro atoms. The van der Waals surface area contributed by atoms with E-state index in [9.17, 15) is 9.59 Å². The summed E-state index contributed by atoms with van der Waals surface area (Å²) in [5.41, 5.74) is 1.69. The maximum absolute atomic E-state index is 12.6. The van der Waals surface area contributed by atoms with Gasteiger partial charge in [-0.3, -0.25) is 4.79 Å². The van der Waals surface area contributed by atoms with Crippen LogP contribution in [0.5, 0.6) is 11.5 Å². The fourth-order valence-corrected chi connectivity index (χ4v) is 3.52. The van der Waals surface area contributed by atoms with Gasteiger partial charge in [0.15, 0.2) is 5.76 Å². The molecule has 0 N–H and O–H groups in total. The molecule has 4 aromatic rings. The van der Waals surface area contributed by atoms with E-state index in [0.717, 1.165) is 5.56 Å². The number of fused-ring (bicyclic) bond motifs is 2. The highest BCUT2D eigenvalue weighted by molar-refractivity contribution is 6.31. The maximum atomic E-state index is 12.6. The molecular weight excluding hydrogens is 439 g/mol. The van der Waals surface area contributed by atoms with Crippen molar-refractivity contribution in [3.05, 3.63) is 99.4 Å². The third kappa shape index (κ3) is 3.81. The second-order valence-corrected chi connectivity index (χ2v) is 7.70. The number of allylic oxidation sites excluding steroid dienone is 1. The number of carbonyl (C=O) groups is 2. The molecule has 0 bridgehead atoms. The van der Waals surface area contributed by atoms with Crippen molar-refractivity contribution < 1.29 is 23.5 Å². The lowest BCUT2D eigenvalue weighted by Crippen LogP contribution is -2.07. The van der Waals surface area contributed by atoms with Crippen molar-refractivity contribution in [2.75, 3.05) is 0 Å². The Morgan fingerprint density at radius 2 is 1.68 bits per heavy atom. The molecular formula is C24H12Cl2O5. The van der Waals surface area contributed by atoms with Gasteiger partial charge >= 0.3 is 5.97 Å². The quantitative estimate of drug-likeness (QED) is 0.200. The molecule has 1 aromatic heterocycles. The number of ketones is 1. The molecule has 3 aromatic carbocycles. The SMILES string of the molecule is O=C(Oc1ccc2c(c1)O/C(=C\c1ccc(Cl)cc1)C2=O)c1cc2cc(Cl)ccc2o1. The molecule has 0 radical (unpaired) electrons. The number of hydrogen-bond donors (Lipinski definition) is 0. The molecule has 7 heteroatoms. The predicted octanol–water partition coefficient (Wildman–Crippen LogP) is 6.58. The first kappa shape index (κ1) is 19.4. The van der Waals surface area contributed by atoms with Gasteiger partial charge in [0.05, 0.1) is 5.56 Å². The Kier molecular flexibility index (Phi) is 4.77. The Morgan fingerprint density at radius 3 is 2.48 bits per heavy atom. The number of hydrogen-bond acceptors (Lipinski definition) is 5. The first-order valence-electron chi connectivity index (χ1n) is 9.21. The first-order valence-corrected chi connectivity index (χ1v) is 9.97. The lowest BCUT2D eigenvalue weighted by Gasteiger charge is -2.04. The lowest BCUT2D eigenvalue weighted by atomic mass is 10.1. The van der Waals surface area contributed by atoms with E-state index < -0.39 is 5.97 Å². The topological polar surface area (TPSA) is 65.7 Å². The van der Waals surface area contributed by atoms with E-state index in [1.54, 1.807) is 60.7 Å². The normalized spacial score (nSPS) is 14.0. The molecule has 0 unspecified atom stereocenters. The van der Waals surface area contributed by atoms with E-state index >= 15 is 0 Å². The first-order chi connectivity index (χ1) is 15.0. The van der Waals surface area contributed by atoms with Crippen LogP contribution in [0.3, 0.4) is 0 Å². The van der Waals surface area contributed by atoms with Gasteiger partial charge in [0.2, 0.25) is 11.5 Å². The Hall–Kier alpha value is -3.54. The second kappa shape index (κ2) is 7.61. The van der Waals surface area contributed by atoms with Crippen molar-refractivity contribution in [1.82, 2.24) is 0 Å². The van der Waals surface area contributed by atoms with Crippen LogP contribution >= 0.6 is 23.2 Å². The van der Waals surface area contributed by atoms with Crippen LogP contribution in [-0.4, -0.2) is 11.8 Å². The van der Waals surface area contributed by atoms with Crippen LogP contribution in [0.1, 0.15) is 26.5 Å². The number of halogens is 2. The monoisotopic (exact) mass is 450 g/mol. The van der Waals surface area contributed by atoms with E-state index in [1.165, 1.54) is 12.1 Å². The molecule has 1 aliphatic heterocycles. The summed E-state index contributed by atoms with van der Waals surface area (Å²) in [4.78, 5) is 25.1. The predicted molar refractivity (Wildman–Crippen MR) is 117 cm³/mol. The number of carbonyl (C=O) groups excluding carboxylic acids is 2.